The molecule has 0 saturated heterocycles. The predicted octanol–water partition coefficient (Wildman–Crippen LogP) is 1.64. The number of nitrogens with zero attached hydrogens (tertiary/aromatic N) is 2. The van der Waals surface area contributed by atoms with Crippen LogP contribution in [0.4, 0.5) is 5.69 Å². The Kier molecular flexibility index (Phi) is 6.24. The zero-order valence-electron chi connectivity index (χ0n) is 16.8. The molecule has 2 aromatic heterocycles. The van der Waals surface area contributed by atoms with Gasteiger partial charge in [-0.25, -0.2) is 19.4 Å². The Morgan fingerprint density at radius 3 is 2.19 bits per heavy atom. The number of aromatic amines is 1. The van der Waals surface area contributed by atoms with Gasteiger partial charge < -0.3 is 19.5 Å². The molecule has 0 spiro atoms. The lowest BCUT2D eigenvalue weighted by Crippen LogP contribution is -2.21. The summed E-state index contributed by atoms with van der Waals surface area (Å²) in [4.78, 5) is 52.2. The number of anilines is 1. The maximum absolute atomic E-state index is 12.2. The van der Waals surface area contributed by atoms with Gasteiger partial charge in [0.2, 0.25) is 0 Å². The fourth-order valence-corrected chi connectivity index (χ4v) is 2.71. The molecule has 1 aromatic carbocycles. The van der Waals surface area contributed by atoms with Crippen LogP contribution in [0.5, 0.6) is 0 Å². The Morgan fingerprint density at radius 2 is 1.58 bits per heavy atom. The molecule has 0 aliphatic rings. The van der Waals surface area contributed by atoms with E-state index in [1.54, 1.807) is 13.0 Å². The number of methoxy groups -OCH3 is 2. The molecule has 0 saturated carbocycles. The second-order valence-electron chi connectivity index (χ2n) is 6.35. The molecular formula is C20H18N4O7. The lowest BCUT2D eigenvalue weighted by molar-refractivity contribution is -0.119. The highest BCUT2D eigenvalue weighted by molar-refractivity contribution is 6.00. The minimum atomic E-state index is -0.747. The van der Waals surface area contributed by atoms with Gasteiger partial charge in [0.05, 0.1) is 30.9 Å². The Morgan fingerprint density at radius 1 is 0.935 bits per heavy atom. The number of carbonyl (C=O) groups excluding carboxylic acids is 4. The fraction of sp³-hybridized carbons (Fsp3) is 0.200. The zero-order valence-corrected chi connectivity index (χ0v) is 16.8. The number of ether oxygens (including phenoxy) is 3. The van der Waals surface area contributed by atoms with E-state index in [1.165, 1.54) is 38.6 Å². The van der Waals surface area contributed by atoms with Crippen LogP contribution in [0.1, 0.15) is 36.8 Å². The van der Waals surface area contributed by atoms with Crippen molar-refractivity contribution < 1.29 is 33.4 Å². The van der Waals surface area contributed by atoms with Gasteiger partial charge in [-0.2, -0.15) is 5.10 Å². The number of esters is 3. The molecule has 160 valence electrons. The van der Waals surface area contributed by atoms with E-state index in [4.69, 9.17) is 4.74 Å². The first kappa shape index (κ1) is 21.4. The van der Waals surface area contributed by atoms with Crippen LogP contribution in [0.3, 0.4) is 0 Å². The van der Waals surface area contributed by atoms with Gasteiger partial charge in [-0.3, -0.25) is 9.89 Å². The van der Waals surface area contributed by atoms with Crippen LogP contribution in [0.15, 0.2) is 30.5 Å². The number of carbonyl (C=O) groups is 4. The summed E-state index contributed by atoms with van der Waals surface area (Å²) in [6, 6.07) is 5.47. The summed E-state index contributed by atoms with van der Waals surface area (Å²) in [7, 11) is 2.37. The number of hydrogen-bond acceptors (Lipinski definition) is 9. The molecule has 0 aliphatic heterocycles. The molecule has 0 aliphatic carbocycles. The number of pyridine rings is 1. The second-order valence-corrected chi connectivity index (χ2v) is 6.35. The summed E-state index contributed by atoms with van der Waals surface area (Å²) in [5.74, 6) is -2.83. The number of hydrogen-bond donors (Lipinski definition) is 2. The molecule has 0 unspecified atom stereocenters. The summed E-state index contributed by atoms with van der Waals surface area (Å²) >= 11 is 0. The second kappa shape index (κ2) is 9.03. The van der Waals surface area contributed by atoms with Gasteiger partial charge in [0, 0.05) is 23.0 Å². The van der Waals surface area contributed by atoms with Crippen molar-refractivity contribution >= 4 is 40.5 Å². The minimum absolute atomic E-state index is 0.0348. The Hall–Kier alpha value is -4.28. The summed E-state index contributed by atoms with van der Waals surface area (Å²) in [5, 5.41) is 9.85. The summed E-state index contributed by atoms with van der Waals surface area (Å²) in [6.07, 6.45) is 1.30. The van der Waals surface area contributed by atoms with E-state index < -0.39 is 30.4 Å². The van der Waals surface area contributed by atoms with Crippen LogP contribution in [0, 0.1) is 6.92 Å². The SMILES string of the molecule is COC(=O)c1cc(NC(=O)COC(=O)c2cnc3n[nH]c(C)c3c2)cc(C(=O)OC)c1. The molecule has 11 nitrogen and oxygen atoms in total. The molecular weight excluding hydrogens is 408 g/mol. The molecule has 0 fully saturated rings. The third-order valence-corrected chi connectivity index (χ3v) is 4.23. The van der Waals surface area contributed by atoms with Gasteiger partial charge >= 0.3 is 17.9 Å². The van der Waals surface area contributed by atoms with Crippen molar-refractivity contribution in [3.8, 4) is 0 Å². The lowest BCUT2D eigenvalue weighted by Gasteiger charge is -2.10. The molecule has 0 radical (unpaired) electrons. The van der Waals surface area contributed by atoms with E-state index in [0.717, 1.165) is 5.69 Å². The van der Waals surface area contributed by atoms with E-state index in [-0.39, 0.29) is 22.4 Å². The van der Waals surface area contributed by atoms with Crippen LogP contribution in [0.25, 0.3) is 11.0 Å². The average molecular weight is 426 g/mol. The number of aromatic nitrogens is 3. The van der Waals surface area contributed by atoms with Crippen molar-refractivity contribution in [1.29, 1.82) is 0 Å². The van der Waals surface area contributed by atoms with Gasteiger partial charge in [0.1, 0.15) is 0 Å². The number of H-pyrrole nitrogens is 1. The lowest BCUT2D eigenvalue weighted by atomic mass is 10.1. The van der Waals surface area contributed by atoms with E-state index in [9.17, 15) is 19.2 Å². The molecule has 2 heterocycles. The number of amides is 1. The summed E-state index contributed by atoms with van der Waals surface area (Å²) < 4.78 is 14.3. The van der Waals surface area contributed by atoms with Crippen molar-refractivity contribution in [1.82, 2.24) is 15.2 Å². The van der Waals surface area contributed by atoms with Gasteiger partial charge in [0.15, 0.2) is 12.3 Å². The molecule has 2 N–H and O–H groups in total. The summed E-state index contributed by atoms with van der Waals surface area (Å²) in [5.41, 5.74) is 1.55. The van der Waals surface area contributed by atoms with Crippen molar-refractivity contribution in [2.24, 2.45) is 0 Å². The molecule has 0 bridgehead atoms. The van der Waals surface area contributed by atoms with Crippen molar-refractivity contribution in [2.75, 3.05) is 26.1 Å². The number of rotatable bonds is 6. The first-order valence-corrected chi connectivity index (χ1v) is 8.91. The smallest absolute Gasteiger partial charge is 0.340 e. The van der Waals surface area contributed by atoms with Crippen molar-refractivity contribution in [3.63, 3.8) is 0 Å². The number of aryl methyl sites for hydroxylation is 1. The van der Waals surface area contributed by atoms with E-state index in [0.29, 0.717) is 11.0 Å². The maximum atomic E-state index is 12.2. The molecule has 1 amide bonds. The molecule has 3 rings (SSSR count). The number of fused-ring (bicyclic) bond motifs is 1. The average Bonchev–Trinajstić information content (AvgIpc) is 3.16. The van der Waals surface area contributed by atoms with Gasteiger partial charge in [-0.1, -0.05) is 0 Å². The van der Waals surface area contributed by atoms with Crippen molar-refractivity contribution in [3.05, 3.63) is 52.8 Å². The van der Waals surface area contributed by atoms with Crippen LogP contribution in [-0.2, 0) is 19.0 Å². The van der Waals surface area contributed by atoms with E-state index in [2.05, 4.69) is 30.0 Å². The quantitative estimate of drug-likeness (QED) is 0.443. The zero-order chi connectivity index (χ0) is 22.5. The van der Waals surface area contributed by atoms with Gasteiger partial charge in [-0.05, 0) is 31.2 Å². The molecule has 11 heteroatoms. The third-order valence-electron chi connectivity index (χ3n) is 4.23. The number of benzene rings is 1. The van der Waals surface area contributed by atoms with Crippen molar-refractivity contribution in [2.45, 2.75) is 6.92 Å². The van der Waals surface area contributed by atoms with E-state index in [1.807, 2.05) is 0 Å². The van der Waals surface area contributed by atoms with Crippen LogP contribution >= 0.6 is 0 Å². The number of nitrogens with one attached hydrogen (secondary N) is 2. The first-order chi connectivity index (χ1) is 14.8. The molecule has 31 heavy (non-hydrogen) atoms. The highest BCUT2D eigenvalue weighted by Gasteiger charge is 2.17. The Bertz CT molecular complexity index is 1150. The standard InChI is InChI=1S/C20H18N4O7/c1-10-15-7-13(8-21-17(15)24-23-10)20(28)31-9-16(25)22-14-5-11(18(26)29-2)4-12(6-14)19(27)30-3/h4-8H,9H2,1-3H3,(H,22,25)(H,21,23,24). The minimum Gasteiger partial charge on any atom is -0.465 e. The van der Waals surface area contributed by atoms with Gasteiger partial charge in [-0.15, -0.1) is 0 Å². The predicted molar refractivity (Wildman–Crippen MR) is 107 cm³/mol. The monoisotopic (exact) mass is 426 g/mol. The molecule has 3 aromatic rings. The highest BCUT2D eigenvalue weighted by Crippen LogP contribution is 2.18. The fourth-order valence-electron chi connectivity index (χ4n) is 2.71. The van der Waals surface area contributed by atoms with Crippen LogP contribution in [-0.4, -0.2) is 59.8 Å². The van der Waals surface area contributed by atoms with Gasteiger partial charge in [0.25, 0.3) is 5.91 Å². The van der Waals surface area contributed by atoms with E-state index >= 15 is 0 Å². The Labute approximate surface area is 175 Å². The topological polar surface area (TPSA) is 150 Å². The highest BCUT2D eigenvalue weighted by atomic mass is 16.5. The summed E-state index contributed by atoms with van der Waals surface area (Å²) in [6.45, 7) is 1.18. The Balaban J connectivity index is 1.69. The molecule has 0 atom stereocenters. The first-order valence-electron chi connectivity index (χ1n) is 8.91. The van der Waals surface area contributed by atoms with Crippen LogP contribution in [0.2, 0.25) is 0 Å². The van der Waals surface area contributed by atoms with Crippen LogP contribution < -0.4 is 5.32 Å². The largest absolute Gasteiger partial charge is 0.465 e. The normalized spacial score (nSPS) is 10.4. The third kappa shape index (κ3) is 4.83. The maximum Gasteiger partial charge on any atom is 0.340 e.